The summed E-state index contributed by atoms with van der Waals surface area (Å²) in [6.07, 6.45) is 2.70. The molecule has 0 unspecified atom stereocenters. The molecule has 0 radical (unpaired) electrons. The van der Waals surface area contributed by atoms with Gasteiger partial charge >= 0.3 is 0 Å². The van der Waals surface area contributed by atoms with Crippen LogP contribution < -0.4 is 10.6 Å². The number of thioether (sulfide) groups is 1. The third-order valence-electron chi connectivity index (χ3n) is 5.14. The van der Waals surface area contributed by atoms with Crippen LogP contribution in [0.3, 0.4) is 0 Å². The Morgan fingerprint density at radius 1 is 1.09 bits per heavy atom. The molecule has 0 spiro atoms. The van der Waals surface area contributed by atoms with Gasteiger partial charge in [-0.05, 0) is 43.0 Å². The number of nitrogens with zero attached hydrogens (tertiary/aromatic N) is 2. The number of anilines is 1. The second-order valence-electron chi connectivity index (χ2n) is 7.65. The van der Waals surface area contributed by atoms with Gasteiger partial charge < -0.3 is 10.6 Å². The van der Waals surface area contributed by atoms with E-state index < -0.39 is 11.9 Å². The van der Waals surface area contributed by atoms with Crippen molar-refractivity contribution in [3.05, 3.63) is 82.1 Å². The van der Waals surface area contributed by atoms with E-state index in [-0.39, 0.29) is 16.6 Å². The van der Waals surface area contributed by atoms with Crippen molar-refractivity contribution in [2.75, 3.05) is 11.1 Å². The van der Waals surface area contributed by atoms with E-state index in [1.165, 1.54) is 18.0 Å². The highest BCUT2D eigenvalue weighted by atomic mass is 35.5. The van der Waals surface area contributed by atoms with E-state index in [1.807, 2.05) is 62.4 Å². The quantitative estimate of drug-likeness (QED) is 0.322. The Hall–Kier alpha value is -2.90. The fraction of sp³-hybridized carbons (Fsp3) is 0.280. The van der Waals surface area contributed by atoms with E-state index in [4.69, 9.17) is 11.6 Å². The highest BCUT2D eigenvalue weighted by molar-refractivity contribution is 7.99. The van der Waals surface area contributed by atoms with E-state index in [1.54, 1.807) is 0 Å². The molecule has 33 heavy (non-hydrogen) atoms. The average molecular weight is 483 g/mol. The Morgan fingerprint density at radius 3 is 2.58 bits per heavy atom. The Labute approximate surface area is 203 Å². The van der Waals surface area contributed by atoms with E-state index in [9.17, 15) is 9.59 Å². The van der Waals surface area contributed by atoms with Gasteiger partial charge in [0, 0.05) is 17.9 Å². The van der Waals surface area contributed by atoms with Gasteiger partial charge in [0.2, 0.25) is 5.91 Å². The average Bonchev–Trinajstić information content (AvgIpc) is 2.81. The lowest BCUT2D eigenvalue weighted by Gasteiger charge is -2.20. The van der Waals surface area contributed by atoms with Crippen LogP contribution in [0.5, 0.6) is 0 Å². The number of rotatable bonds is 9. The molecule has 0 bridgehead atoms. The van der Waals surface area contributed by atoms with Crippen molar-refractivity contribution in [1.82, 2.24) is 15.3 Å². The smallest absolute Gasteiger partial charge is 0.272 e. The van der Waals surface area contributed by atoms with Crippen LogP contribution in [0.15, 0.2) is 59.9 Å². The van der Waals surface area contributed by atoms with E-state index in [0.717, 1.165) is 28.9 Å². The van der Waals surface area contributed by atoms with Crippen LogP contribution in [-0.2, 0) is 11.2 Å². The molecule has 2 amide bonds. The lowest BCUT2D eigenvalue weighted by atomic mass is 10.0. The summed E-state index contributed by atoms with van der Waals surface area (Å²) >= 11 is 7.67. The molecule has 1 aromatic heterocycles. The van der Waals surface area contributed by atoms with Gasteiger partial charge in [-0.15, -0.1) is 0 Å². The van der Waals surface area contributed by atoms with Crippen LogP contribution in [0.4, 0.5) is 5.69 Å². The van der Waals surface area contributed by atoms with Crippen molar-refractivity contribution < 1.29 is 9.59 Å². The van der Waals surface area contributed by atoms with Crippen LogP contribution >= 0.6 is 23.4 Å². The summed E-state index contributed by atoms with van der Waals surface area (Å²) in [6, 6.07) is 14.4. The molecule has 2 aromatic carbocycles. The number of aryl methyl sites for hydroxylation is 1. The fourth-order valence-electron chi connectivity index (χ4n) is 3.17. The first-order valence-corrected chi connectivity index (χ1v) is 12.1. The molecule has 0 aliphatic rings. The van der Waals surface area contributed by atoms with Crippen molar-refractivity contribution in [2.45, 2.75) is 44.8 Å². The van der Waals surface area contributed by atoms with Crippen molar-refractivity contribution in [3.63, 3.8) is 0 Å². The molecular weight excluding hydrogens is 456 g/mol. The molecule has 3 aromatic rings. The Morgan fingerprint density at radius 2 is 1.85 bits per heavy atom. The molecule has 0 aliphatic heterocycles. The number of halogens is 1. The highest BCUT2D eigenvalue weighted by Crippen LogP contribution is 2.21. The standard InChI is InChI=1S/C25H27ClN4O2S/c1-4-13-33-25-27-15-19(26)22(30-25)24(32)29-21(14-18-10-6-5-7-11-18)23(31)28-20-12-8-9-16(2)17(20)3/h5-12,15,21H,4,13-14H2,1-3H3,(H,28,31)(H,29,32)/t21-/m1/s1. The van der Waals surface area contributed by atoms with Gasteiger partial charge in [0.05, 0.1) is 11.2 Å². The predicted molar refractivity (Wildman–Crippen MR) is 134 cm³/mol. The van der Waals surface area contributed by atoms with Gasteiger partial charge in [-0.25, -0.2) is 9.97 Å². The molecule has 1 heterocycles. The molecular formula is C25H27ClN4O2S. The summed E-state index contributed by atoms with van der Waals surface area (Å²) < 4.78 is 0. The maximum atomic E-state index is 13.2. The summed E-state index contributed by atoms with van der Waals surface area (Å²) in [5, 5.41) is 6.40. The van der Waals surface area contributed by atoms with Crippen molar-refractivity contribution in [2.24, 2.45) is 0 Å². The molecule has 1 atom stereocenters. The molecule has 0 saturated carbocycles. The SMILES string of the molecule is CCCSc1ncc(Cl)c(C(=O)N[C@H](Cc2ccccc2)C(=O)Nc2cccc(C)c2C)n1. The normalized spacial score (nSPS) is 11.6. The zero-order chi connectivity index (χ0) is 23.8. The fourth-order valence-corrected chi connectivity index (χ4v) is 4.01. The molecule has 6 nitrogen and oxygen atoms in total. The minimum Gasteiger partial charge on any atom is -0.338 e. The summed E-state index contributed by atoms with van der Waals surface area (Å²) in [5.41, 5.74) is 3.74. The van der Waals surface area contributed by atoms with E-state index in [2.05, 4.69) is 27.5 Å². The molecule has 0 aliphatic carbocycles. The minimum absolute atomic E-state index is 0.0582. The third-order valence-corrected chi connectivity index (χ3v) is 6.48. The third kappa shape index (κ3) is 6.79. The Bertz CT molecular complexity index is 1120. The zero-order valence-electron chi connectivity index (χ0n) is 18.9. The summed E-state index contributed by atoms with van der Waals surface area (Å²) in [6.45, 7) is 5.99. The number of benzene rings is 2. The number of hydrogen-bond donors (Lipinski definition) is 2. The number of aromatic nitrogens is 2. The zero-order valence-corrected chi connectivity index (χ0v) is 20.5. The number of nitrogens with one attached hydrogen (secondary N) is 2. The molecule has 2 N–H and O–H groups in total. The maximum Gasteiger partial charge on any atom is 0.272 e. The molecule has 0 saturated heterocycles. The topological polar surface area (TPSA) is 84.0 Å². The second-order valence-corrected chi connectivity index (χ2v) is 9.12. The van der Waals surface area contributed by atoms with E-state index in [0.29, 0.717) is 17.3 Å². The van der Waals surface area contributed by atoms with Crippen LogP contribution in [0, 0.1) is 13.8 Å². The summed E-state index contributed by atoms with van der Waals surface area (Å²) in [4.78, 5) is 34.8. The van der Waals surface area contributed by atoms with Crippen molar-refractivity contribution in [1.29, 1.82) is 0 Å². The molecule has 0 fully saturated rings. The van der Waals surface area contributed by atoms with Crippen LogP contribution in [0.2, 0.25) is 5.02 Å². The lowest BCUT2D eigenvalue weighted by Crippen LogP contribution is -2.45. The lowest BCUT2D eigenvalue weighted by molar-refractivity contribution is -0.118. The Kier molecular flexibility index (Phi) is 8.86. The van der Waals surface area contributed by atoms with Crippen LogP contribution in [0.1, 0.15) is 40.5 Å². The second kappa shape index (κ2) is 11.8. The van der Waals surface area contributed by atoms with Gasteiger partial charge in [-0.1, -0.05) is 72.8 Å². The largest absolute Gasteiger partial charge is 0.338 e. The van der Waals surface area contributed by atoms with Crippen LogP contribution in [-0.4, -0.2) is 33.6 Å². The first-order valence-electron chi connectivity index (χ1n) is 10.8. The predicted octanol–water partition coefficient (Wildman–Crippen LogP) is 5.23. The number of amides is 2. The van der Waals surface area contributed by atoms with Gasteiger partial charge in [0.25, 0.3) is 5.91 Å². The van der Waals surface area contributed by atoms with Gasteiger partial charge in [0.1, 0.15) is 6.04 Å². The minimum atomic E-state index is -0.822. The first-order chi connectivity index (χ1) is 15.9. The van der Waals surface area contributed by atoms with Gasteiger partial charge in [0.15, 0.2) is 10.9 Å². The monoisotopic (exact) mass is 482 g/mol. The summed E-state index contributed by atoms with van der Waals surface area (Å²) in [5.74, 6) is 0.00172. The van der Waals surface area contributed by atoms with Crippen molar-refractivity contribution >= 4 is 40.9 Å². The van der Waals surface area contributed by atoms with Crippen LogP contribution in [0.25, 0.3) is 0 Å². The number of hydrogen-bond acceptors (Lipinski definition) is 5. The van der Waals surface area contributed by atoms with Gasteiger partial charge in [-0.2, -0.15) is 0 Å². The Balaban J connectivity index is 1.84. The maximum absolute atomic E-state index is 13.2. The molecule has 8 heteroatoms. The highest BCUT2D eigenvalue weighted by Gasteiger charge is 2.25. The van der Waals surface area contributed by atoms with Gasteiger partial charge in [-0.3, -0.25) is 9.59 Å². The van der Waals surface area contributed by atoms with E-state index >= 15 is 0 Å². The molecule has 172 valence electrons. The number of carbonyl (C=O) groups is 2. The first kappa shape index (κ1) is 24.7. The van der Waals surface area contributed by atoms with Crippen molar-refractivity contribution in [3.8, 4) is 0 Å². The molecule has 3 rings (SSSR count). The number of carbonyl (C=O) groups excluding carboxylic acids is 2. The summed E-state index contributed by atoms with van der Waals surface area (Å²) in [7, 11) is 0.